The van der Waals surface area contributed by atoms with Crippen LogP contribution >= 0.6 is 0 Å². The molecule has 2 rings (SSSR count). The van der Waals surface area contributed by atoms with Crippen LogP contribution in [0, 0.1) is 17.1 Å². The zero-order valence-electron chi connectivity index (χ0n) is 14.1. The van der Waals surface area contributed by atoms with E-state index >= 15 is 0 Å². The Morgan fingerprint density at radius 1 is 1.15 bits per heavy atom. The van der Waals surface area contributed by atoms with Crippen molar-refractivity contribution in [1.82, 2.24) is 10.0 Å². The first-order chi connectivity index (χ1) is 12.3. The lowest BCUT2D eigenvalue weighted by molar-refractivity contribution is 0.0940. The van der Waals surface area contributed by atoms with Crippen LogP contribution in [0.15, 0.2) is 53.4 Å². The van der Waals surface area contributed by atoms with Gasteiger partial charge in [-0.25, -0.2) is 17.5 Å². The molecule has 0 aliphatic rings. The number of hydrogen-bond donors (Lipinski definition) is 2. The molecule has 0 saturated heterocycles. The summed E-state index contributed by atoms with van der Waals surface area (Å²) in [4.78, 5) is 12.3. The van der Waals surface area contributed by atoms with Crippen LogP contribution in [-0.4, -0.2) is 20.9 Å². The summed E-state index contributed by atoms with van der Waals surface area (Å²) >= 11 is 0. The van der Waals surface area contributed by atoms with Crippen molar-refractivity contribution in [2.75, 3.05) is 6.54 Å². The lowest BCUT2D eigenvalue weighted by Crippen LogP contribution is -2.27. The van der Waals surface area contributed by atoms with Crippen LogP contribution in [0.3, 0.4) is 0 Å². The van der Waals surface area contributed by atoms with Gasteiger partial charge in [-0.1, -0.05) is 12.1 Å². The highest BCUT2D eigenvalue weighted by molar-refractivity contribution is 7.89. The highest BCUT2D eigenvalue weighted by Crippen LogP contribution is 2.15. The Bertz CT molecular complexity index is 904. The van der Waals surface area contributed by atoms with Crippen molar-refractivity contribution < 1.29 is 17.6 Å². The number of nitrogens with zero attached hydrogens (tertiary/aromatic N) is 1. The second-order valence-electron chi connectivity index (χ2n) is 5.58. The van der Waals surface area contributed by atoms with Crippen LogP contribution in [0.2, 0.25) is 0 Å². The maximum Gasteiger partial charge on any atom is 0.251 e. The van der Waals surface area contributed by atoms with Crippen LogP contribution in [0.25, 0.3) is 0 Å². The predicted molar refractivity (Wildman–Crippen MR) is 94.1 cm³/mol. The number of nitriles is 1. The molecule has 0 aromatic heterocycles. The molecule has 0 fully saturated rings. The molecule has 1 amide bonds. The second-order valence-corrected chi connectivity index (χ2v) is 7.34. The van der Waals surface area contributed by atoms with Gasteiger partial charge in [0.15, 0.2) is 0 Å². The Kier molecular flexibility index (Phi) is 6.44. The number of rotatable bonds is 7. The minimum atomic E-state index is -3.71. The van der Waals surface area contributed by atoms with Crippen LogP contribution in [-0.2, 0) is 10.0 Å². The minimum absolute atomic E-state index is 0.0126. The van der Waals surface area contributed by atoms with Crippen molar-refractivity contribution >= 4 is 15.9 Å². The number of nitrogens with one attached hydrogen (secondary N) is 2. The van der Waals surface area contributed by atoms with Gasteiger partial charge in [0.2, 0.25) is 10.0 Å². The molecule has 1 unspecified atom stereocenters. The van der Waals surface area contributed by atoms with Crippen molar-refractivity contribution in [2.45, 2.75) is 24.3 Å². The van der Waals surface area contributed by atoms with E-state index in [2.05, 4.69) is 10.0 Å². The largest absolute Gasteiger partial charge is 0.346 e. The Morgan fingerprint density at radius 3 is 2.35 bits per heavy atom. The first kappa shape index (κ1) is 19.6. The van der Waals surface area contributed by atoms with E-state index in [4.69, 9.17) is 5.26 Å². The van der Waals surface area contributed by atoms with Gasteiger partial charge in [0.1, 0.15) is 5.82 Å². The van der Waals surface area contributed by atoms with E-state index in [-0.39, 0.29) is 35.6 Å². The summed E-state index contributed by atoms with van der Waals surface area (Å²) in [6.07, 6.45) is 0.0704. The molecular formula is C18H18FN3O3S. The molecule has 0 saturated carbocycles. The zero-order valence-corrected chi connectivity index (χ0v) is 14.9. The molecule has 26 heavy (non-hydrogen) atoms. The van der Waals surface area contributed by atoms with E-state index in [0.29, 0.717) is 5.56 Å². The molecule has 2 aromatic rings. The molecule has 0 bridgehead atoms. The van der Waals surface area contributed by atoms with Gasteiger partial charge < -0.3 is 5.32 Å². The van der Waals surface area contributed by atoms with Gasteiger partial charge in [0, 0.05) is 18.5 Å². The topological polar surface area (TPSA) is 99.1 Å². The van der Waals surface area contributed by atoms with Gasteiger partial charge >= 0.3 is 0 Å². The van der Waals surface area contributed by atoms with E-state index < -0.39 is 10.0 Å². The van der Waals surface area contributed by atoms with E-state index in [1.165, 1.54) is 36.4 Å². The summed E-state index contributed by atoms with van der Waals surface area (Å²) in [6, 6.07) is 12.8. The molecule has 0 radical (unpaired) electrons. The number of hydrogen-bond acceptors (Lipinski definition) is 4. The summed E-state index contributed by atoms with van der Waals surface area (Å²) in [5, 5.41) is 11.2. The lowest BCUT2D eigenvalue weighted by Gasteiger charge is -2.14. The molecule has 2 N–H and O–H groups in total. The van der Waals surface area contributed by atoms with Gasteiger partial charge in [0.05, 0.1) is 17.0 Å². The SMILES string of the molecule is CC(NC(=O)c1ccc(S(=O)(=O)NCCC#N)cc1)c1ccc(F)cc1. The van der Waals surface area contributed by atoms with E-state index in [1.807, 2.05) is 6.07 Å². The fourth-order valence-electron chi connectivity index (χ4n) is 2.22. The first-order valence-corrected chi connectivity index (χ1v) is 9.35. The van der Waals surface area contributed by atoms with Crippen LogP contribution in [0.1, 0.15) is 35.3 Å². The molecular weight excluding hydrogens is 357 g/mol. The summed E-state index contributed by atoms with van der Waals surface area (Å²) in [5.41, 5.74) is 1.05. The smallest absolute Gasteiger partial charge is 0.251 e. The molecule has 0 aliphatic heterocycles. The van der Waals surface area contributed by atoms with Crippen molar-refractivity contribution in [3.63, 3.8) is 0 Å². The zero-order chi connectivity index (χ0) is 19.2. The van der Waals surface area contributed by atoms with Crippen LogP contribution < -0.4 is 10.0 Å². The maximum absolute atomic E-state index is 13.0. The van der Waals surface area contributed by atoms with Crippen molar-refractivity contribution in [3.05, 3.63) is 65.5 Å². The number of sulfonamides is 1. The Labute approximate surface area is 151 Å². The molecule has 0 heterocycles. The second kappa shape index (κ2) is 8.56. The fourth-order valence-corrected chi connectivity index (χ4v) is 3.26. The van der Waals surface area contributed by atoms with E-state index in [0.717, 1.165) is 5.56 Å². The fraction of sp³-hybridized carbons (Fsp3) is 0.222. The van der Waals surface area contributed by atoms with Gasteiger partial charge in [-0.05, 0) is 48.9 Å². The number of benzene rings is 2. The summed E-state index contributed by atoms with van der Waals surface area (Å²) in [5.74, 6) is -0.726. The highest BCUT2D eigenvalue weighted by atomic mass is 32.2. The summed E-state index contributed by atoms with van der Waals surface area (Å²) in [7, 11) is -3.71. The number of amides is 1. The molecule has 1 atom stereocenters. The molecule has 2 aromatic carbocycles. The maximum atomic E-state index is 13.0. The standard InChI is InChI=1S/C18H18FN3O3S/c1-13(14-3-7-16(19)8-4-14)22-18(23)15-5-9-17(10-6-15)26(24,25)21-12-2-11-20/h3-10,13,21H,2,12H2,1H3,(H,22,23). The van der Waals surface area contributed by atoms with Crippen molar-refractivity contribution in [2.24, 2.45) is 0 Å². The average Bonchev–Trinajstić information content (AvgIpc) is 2.62. The Morgan fingerprint density at radius 2 is 1.77 bits per heavy atom. The lowest BCUT2D eigenvalue weighted by atomic mass is 10.1. The Hall–Kier alpha value is -2.76. The minimum Gasteiger partial charge on any atom is -0.346 e. The van der Waals surface area contributed by atoms with Crippen LogP contribution in [0.4, 0.5) is 4.39 Å². The van der Waals surface area contributed by atoms with E-state index in [1.54, 1.807) is 19.1 Å². The average molecular weight is 375 g/mol. The third kappa shape index (κ3) is 5.12. The van der Waals surface area contributed by atoms with Gasteiger partial charge in [0.25, 0.3) is 5.91 Å². The van der Waals surface area contributed by atoms with Crippen molar-refractivity contribution in [1.29, 1.82) is 5.26 Å². The van der Waals surface area contributed by atoms with Gasteiger partial charge in [-0.3, -0.25) is 4.79 Å². The molecule has 0 spiro atoms. The first-order valence-electron chi connectivity index (χ1n) is 7.86. The molecule has 6 nitrogen and oxygen atoms in total. The number of carbonyl (C=O) groups is 1. The molecule has 8 heteroatoms. The number of halogens is 1. The summed E-state index contributed by atoms with van der Waals surface area (Å²) in [6.45, 7) is 1.79. The van der Waals surface area contributed by atoms with Crippen LogP contribution in [0.5, 0.6) is 0 Å². The van der Waals surface area contributed by atoms with Gasteiger partial charge in [-0.15, -0.1) is 0 Å². The molecule has 0 aliphatic carbocycles. The monoisotopic (exact) mass is 375 g/mol. The normalized spacial score (nSPS) is 12.2. The number of carbonyl (C=O) groups excluding carboxylic acids is 1. The quantitative estimate of drug-likeness (QED) is 0.726. The van der Waals surface area contributed by atoms with E-state index in [9.17, 15) is 17.6 Å². The third-order valence-electron chi connectivity index (χ3n) is 3.67. The third-order valence-corrected chi connectivity index (χ3v) is 5.15. The Balaban J connectivity index is 2.04. The highest BCUT2D eigenvalue weighted by Gasteiger charge is 2.15. The van der Waals surface area contributed by atoms with Gasteiger partial charge in [-0.2, -0.15) is 5.26 Å². The predicted octanol–water partition coefficient (Wildman–Crippen LogP) is 2.51. The molecule has 136 valence electrons. The van der Waals surface area contributed by atoms with Crippen molar-refractivity contribution in [3.8, 4) is 6.07 Å². The summed E-state index contributed by atoms with van der Waals surface area (Å²) < 4.78 is 39.3.